The second-order valence-corrected chi connectivity index (χ2v) is 12.1. The summed E-state index contributed by atoms with van der Waals surface area (Å²) in [7, 11) is -1.39. The SMILES string of the molecule is C[Si](C)(C)C1=CCC2C(=O)N(c3ccccc3)C(=O)C2C1. The molecule has 21 heavy (non-hydrogen) atoms. The fraction of sp³-hybridized carbons (Fsp3) is 0.412. The van der Waals surface area contributed by atoms with Crippen LogP contribution in [0.4, 0.5) is 5.69 Å². The van der Waals surface area contributed by atoms with E-state index in [-0.39, 0.29) is 23.7 Å². The van der Waals surface area contributed by atoms with E-state index in [2.05, 4.69) is 25.7 Å². The number of amides is 2. The minimum absolute atomic E-state index is 0.0138. The maximum absolute atomic E-state index is 12.7. The van der Waals surface area contributed by atoms with Gasteiger partial charge in [-0.05, 0) is 25.0 Å². The van der Waals surface area contributed by atoms with Crippen molar-refractivity contribution in [3.8, 4) is 0 Å². The number of rotatable bonds is 2. The molecule has 0 aromatic heterocycles. The third kappa shape index (κ3) is 2.37. The lowest BCUT2D eigenvalue weighted by Crippen LogP contribution is -2.32. The Bertz CT molecular complexity index is 615. The summed E-state index contributed by atoms with van der Waals surface area (Å²) in [5.41, 5.74) is 0.705. The molecule has 2 atom stereocenters. The third-order valence-electron chi connectivity index (χ3n) is 4.60. The van der Waals surface area contributed by atoms with E-state index in [1.54, 1.807) is 0 Å². The van der Waals surface area contributed by atoms with E-state index in [1.807, 2.05) is 30.3 Å². The van der Waals surface area contributed by atoms with Crippen molar-refractivity contribution < 1.29 is 9.59 Å². The van der Waals surface area contributed by atoms with Crippen molar-refractivity contribution in [1.29, 1.82) is 0 Å². The minimum atomic E-state index is -1.39. The van der Waals surface area contributed by atoms with Crippen molar-refractivity contribution in [2.45, 2.75) is 32.5 Å². The molecule has 0 bridgehead atoms. The fourth-order valence-corrected chi connectivity index (χ4v) is 4.88. The number of anilines is 1. The zero-order valence-electron chi connectivity index (χ0n) is 12.8. The summed E-state index contributed by atoms with van der Waals surface area (Å²) in [5, 5.41) is 1.43. The molecule has 3 nitrogen and oxygen atoms in total. The lowest BCUT2D eigenvalue weighted by molar-refractivity contribution is -0.122. The smallest absolute Gasteiger partial charge is 0.238 e. The first kappa shape index (κ1) is 14.3. The average Bonchev–Trinajstić information content (AvgIpc) is 2.70. The normalized spacial score (nSPS) is 25.9. The van der Waals surface area contributed by atoms with Crippen LogP contribution >= 0.6 is 0 Å². The zero-order chi connectivity index (χ0) is 15.2. The van der Waals surface area contributed by atoms with E-state index < -0.39 is 8.07 Å². The van der Waals surface area contributed by atoms with Gasteiger partial charge in [-0.15, -0.1) is 0 Å². The largest absolute Gasteiger partial charge is 0.274 e. The van der Waals surface area contributed by atoms with E-state index in [9.17, 15) is 9.59 Å². The Kier molecular flexibility index (Phi) is 3.36. The molecular weight excluding hydrogens is 278 g/mol. The Labute approximate surface area is 126 Å². The van der Waals surface area contributed by atoms with Crippen molar-refractivity contribution in [3.05, 3.63) is 41.6 Å². The number of fused-ring (bicyclic) bond motifs is 1. The van der Waals surface area contributed by atoms with Crippen molar-refractivity contribution in [2.24, 2.45) is 11.8 Å². The Balaban J connectivity index is 1.91. The number of allylic oxidation sites excluding steroid dienone is 2. The lowest BCUT2D eigenvalue weighted by Gasteiger charge is -2.29. The zero-order valence-corrected chi connectivity index (χ0v) is 13.8. The van der Waals surface area contributed by atoms with Gasteiger partial charge in [-0.25, -0.2) is 0 Å². The summed E-state index contributed by atoms with van der Waals surface area (Å²) < 4.78 is 0. The molecular formula is C17H21NO2Si. The van der Waals surface area contributed by atoms with Crippen LogP contribution in [0.15, 0.2) is 41.6 Å². The van der Waals surface area contributed by atoms with Crippen LogP contribution in [0.25, 0.3) is 0 Å². The van der Waals surface area contributed by atoms with Gasteiger partial charge in [0.25, 0.3) is 0 Å². The minimum Gasteiger partial charge on any atom is -0.274 e. The van der Waals surface area contributed by atoms with E-state index in [1.165, 1.54) is 10.1 Å². The van der Waals surface area contributed by atoms with Crippen molar-refractivity contribution in [2.75, 3.05) is 4.90 Å². The van der Waals surface area contributed by atoms with Gasteiger partial charge < -0.3 is 0 Å². The number of para-hydroxylation sites is 1. The molecule has 4 heteroatoms. The van der Waals surface area contributed by atoms with Crippen LogP contribution in [-0.2, 0) is 9.59 Å². The molecule has 0 radical (unpaired) electrons. The Morgan fingerprint density at radius 3 is 2.24 bits per heavy atom. The maximum Gasteiger partial charge on any atom is 0.238 e. The van der Waals surface area contributed by atoms with Crippen LogP contribution in [0.3, 0.4) is 0 Å². The van der Waals surface area contributed by atoms with Gasteiger partial charge in [0.15, 0.2) is 0 Å². The number of benzene rings is 1. The van der Waals surface area contributed by atoms with Gasteiger partial charge in [-0.1, -0.05) is 49.1 Å². The molecule has 2 amide bonds. The quantitative estimate of drug-likeness (QED) is 0.620. The first-order valence-electron chi connectivity index (χ1n) is 7.52. The molecule has 0 N–H and O–H groups in total. The maximum atomic E-state index is 12.7. The van der Waals surface area contributed by atoms with Crippen LogP contribution in [0.1, 0.15) is 12.8 Å². The number of hydrogen-bond acceptors (Lipinski definition) is 2. The van der Waals surface area contributed by atoms with Crippen LogP contribution in [0.5, 0.6) is 0 Å². The molecule has 110 valence electrons. The molecule has 2 unspecified atom stereocenters. The molecule has 1 aliphatic heterocycles. The molecule has 1 heterocycles. The number of imide groups is 1. The molecule has 1 aromatic carbocycles. The monoisotopic (exact) mass is 299 g/mol. The van der Waals surface area contributed by atoms with E-state index >= 15 is 0 Å². The van der Waals surface area contributed by atoms with E-state index in [0.717, 1.165) is 12.8 Å². The van der Waals surface area contributed by atoms with E-state index in [0.29, 0.717) is 5.69 Å². The van der Waals surface area contributed by atoms with Crippen molar-refractivity contribution in [3.63, 3.8) is 0 Å². The van der Waals surface area contributed by atoms with Crippen molar-refractivity contribution in [1.82, 2.24) is 0 Å². The first-order valence-corrected chi connectivity index (χ1v) is 11.0. The molecule has 1 fully saturated rings. The molecule has 3 rings (SSSR count). The Hall–Kier alpha value is -1.68. The van der Waals surface area contributed by atoms with Gasteiger partial charge in [0.1, 0.15) is 0 Å². The number of carbonyl (C=O) groups excluding carboxylic acids is 2. The summed E-state index contributed by atoms with van der Waals surface area (Å²) in [4.78, 5) is 26.7. The summed E-state index contributed by atoms with van der Waals surface area (Å²) >= 11 is 0. The highest BCUT2D eigenvalue weighted by atomic mass is 28.3. The number of carbonyl (C=O) groups is 2. The highest BCUT2D eigenvalue weighted by Gasteiger charge is 2.49. The summed E-state index contributed by atoms with van der Waals surface area (Å²) in [5.74, 6) is -0.343. The predicted octanol–water partition coefficient (Wildman–Crippen LogP) is 3.39. The van der Waals surface area contributed by atoms with Gasteiger partial charge in [0.05, 0.1) is 25.6 Å². The van der Waals surface area contributed by atoms with E-state index in [4.69, 9.17) is 0 Å². The average molecular weight is 299 g/mol. The molecule has 0 saturated carbocycles. The standard InChI is InChI=1S/C17H21NO2Si/c1-21(2,3)13-9-10-14-15(11-13)17(20)18(16(14)19)12-7-5-4-6-8-12/h4-9,14-15H,10-11H2,1-3H3. The Morgan fingerprint density at radius 1 is 1.00 bits per heavy atom. The van der Waals surface area contributed by atoms with Crippen molar-refractivity contribution >= 4 is 25.6 Å². The molecule has 1 saturated heterocycles. The van der Waals surface area contributed by atoms with Crippen LogP contribution in [-0.4, -0.2) is 19.9 Å². The molecule has 2 aliphatic rings. The van der Waals surface area contributed by atoms with Gasteiger partial charge >= 0.3 is 0 Å². The van der Waals surface area contributed by atoms with Crippen LogP contribution < -0.4 is 4.90 Å². The topological polar surface area (TPSA) is 37.4 Å². The third-order valence-corrected chi connectivity index (χ3v) is 6.93. The molecule has 1 aromatic rings. The number of hydrogen-bond donors (Lipinski definition) is 0. The summed E-state index contributed by atoms with van der Waals surface area (Å²) in [6.07, 6.45) is 3.72. The van der Waals surface area contributed by atoms with Gasteiger partial charge in [0, 0.05) is 0 Å². The predicted molar refractivity (Wildman–Crippen MR) is 86.6 cm³/mol. The molecule has 0 spiro atoms. The second kappa shape index (κ2) is 4.95. The number of nitrogens with zero attached hydrogens (tertiary/aromatic N) is 1. The van der Waals surface area contributed by atoms with Gasteiger partial charge in [-0.2, -0.15) is 0 Å². The highest BCUT2D eigenvalue weighted by Crippen LogP contribution is 2.41. The van der Waals surface area contributed by atoms with Gasteiger partial charge in [0.2, 0.25) is 11.8 Å². The fourth-order valence-electron chi connectivity index (χ4n) is 3.31. The lowest BCUT2D eigenvalue weighted by atomic mass is 9.85. The molecule has 1 aliphatic carbocycles. The van der Waals surface area contributed by atoms with Crippen LogP contribution in [0, 0.1) is 11.8 Å². The highest BCUT2D eigenvalue weighted by molar-refractivity contribution is 6.83. The summed E-state index contributed by atoms with van der Waals surface area (Å²) in [6, 6.07) is 9.29. The summed E-state index contributed by atoms with van der Waals surface area (Å²) in [6.45, 7) is 6.90. The second-order valence-electron chi connectivity index (χ2n) is 6.98. The van der Waals surface area contributed by atoms with Gasteiger partial charge in [-0.3, -0.25) is 14.5 Å². The Morgan fingerprint density at radius 2 is 1.62 bits per heavy atom. The first-order chi connectivity index (χ1) is 9.89. The van der Waals surface area contributed by atoms with Crippen LogP contribution in [0.2, 0.25) is 19.6 Å².